The molecule has 14 heteroatoms. The minimum absolute atomic E-state index is 0.0191. The molecule has 0 amide bonds. The Morgan fingerprint density at radius 2 is 0.701 bits per heavy atom. The largest absolute Gasteiger partial charge is 0.508 e. The number of phenols is 3. The number of aromatic hydroxyl groups is 3. The van der Waals surface area contributed by atoms with Crippen molar-refractivity contribution in [3.05, 3.63) is 206 Å². The van der Waals surface area contributed by atoms with Crippen molar-refractivity contribution in [2.24, 2.45) is 0 Å². The number of hydrogen-bond acceptors (Lipinski definition) is 14. The van der Waals surface area contributed by atoms with Crippen molar-refractivity contribution in [1.82, 2.24) is 29.9 Å². The first-order valence-electron chi connectivity index (χ1n) is 24.6. The summed E-state index contributed by atoms with van der Waals surface area (Å²) >= 11 is 0. The van der Waals surface area contributed by atoms with Crippen LogP contribution in [0.2, 0.25) is 0 Å². The molecule has 0 radical (unpaired) electrons. The molecular weight excluding hydrogens is 969 g/mol. The summed E-state index contributed by atoms with van der Waals surface area (Å²) in [5, 5.41) is 48.7. The van der Waals surface area contributed by atoms with Crippen molar-refractivity contribution in [3.8, 4) is 91.3 Å². The molecule has 1 aliphatic heterocycles. The maximum absolute atomic E-state index is 10.9. The fourth-order valence-electron chi connectivity index (χ4n) is 9.11. The summed E-state index contributed by atoms with van der Waals surface area (Å²) < 4.78 is 14.0. The summed E-state index contributed by atoms with van der Waals surface area (Å²) in [5.41, 5.74) is 4.39. The predicted octanol–water partition coefficient (Wildman–Crippen LogP) is 13.0. The number of fused-ring (bicyclic) bond motifs is 4. The smallest absolute Gasteiger partial charge is 0.508 e. The monoisotopic (exact) mass is 1010 g/mol. The first kappa shape index (κ1) is 48.9. The van der Waals surface area contributed by atoms with Crippen LogP contribution >= 0.6 is 0 Å². The Labute approximate surface area is 440 Å². The third-order valence-corrected chi connectivity index (χ3v) is 12.7. The van der Waals surface area contributed by atoms with Crippen LogP contribution in [0, 0.1) is 0 Å². The Kier molecular flexibility index (Phi) is 14.0. The van der Waals surface area contributed by atoms with E-state index in [-0.39, 0.29) is 30.5 Å². The van der Waals surface area contributed by atoms with Crippen LogP contribution in [-0.2, 0) is 9.47 Å². The third-order valence-electron chi connectivity index (χ3n) is 12.7. The molecular formula is C63H46N6O8. The molecule has 0 atom stereocenters. The summed E-state index contributed by atoms with van der Waals surface area (Å²) in [4.78, 5) is 38.8. The third kappa shape index (κ3) is 10.6. The van der Waals surface area contributed by atoms with Gasteiger partial charge in [-0.15, -0.1) is 0 Å². The molecule has 10 aromatic carbocycles. The zero-order chi connectivity index (χ0) is 52.7. The Morgan fingerprint density at radius 1 is 0.377 bits per heavy atom. The molecule has 12 aromatic rings. The van der Waals surface area contributed by atoms with E-state index in [1.54, 1.807) is 18.2 Å². The summed E-state index contributed by atoms with van der Waals surface area (Å²) in [6, 6.07) is 65.9. The number of hydrogen-bond donors (Lipinski definition) is 4. The average molecular weight is 1020 g/mol. The van der Waals surface area contributed by atoms with Crippen molar-refractivity contribution >= 4 is 49.2 Å². The molecule has 0 spiro atoms. The van der Waals surface area contributed by atoms with Gasteiger partial charge in [-0.2, -0.15) is 0 Å². The number of benzene rings is 10. The molecule has 3 heterocycles. The number of cyclic esters (lactones) is 2. The molecule has 13 rings (SSSR count). The molecule has 77 heavy (non-hydrogen) atoms. The van der Waals surface area contributed by atoms with Crippen molar-refractivity contribution in [2.45, 2.75) is 0 Å². The molecule has 0 saturated carbocycles. The van der Waals surface area contributed by atoms with E-state index in [1.165, 1.54) is 18.2 Å². The number of aliphatic hydroxyl groups excluding tert-OH is 1. The fraction of sp³-hybridized carbons (Fsp3) is 0.0635. The second kappa shape index (κ2) is 22.0. The molecule has 0 aliphatic carbocycles. The van der Waals surface area contributed by atoms with E-state index in [0.29, 0.717) is 65.0 Å². The van der Waals surface area contributed by atoms with E-state index in [2.05, 4.69) is 70.1 Å². The van der Waals surface area contributed by atoms with Crippen LogP contribution in [0.15, 0.2) is 206 Å². The van der Waals surface area contributed by atoms with Gasteiger partial charge in [0, 0.05) is 34.4 Å². The first-order chi connectivity index (χ1) is 37.8. The van der Waals surface area contributed by atoms with Crippen molar-refractivity contribution in [2.75, 3.05) is 26.4 Å². The number of rotatable bonds is 9. The Bertz CT molecular complexity index is 3930. The lowest BCUT2D eigenvalue weighted by Gasteiger charge is -2.13. The van der Waals surface area contributed by atoms with Gasteiger partial charge < -0.3 is 34.6 Å². The molecule has 376 valence electrons. The highest BCUT2D eigenvalue weighted by molar-refractivity contribution is 5.99. The van der Waals surface area contributed by atoms with Gasteiger partial charge in [0.2, 0.25) is 0 Å². The SMILES string of the molecule is O=C1OCCO1.OCCOc1ccc(-c2nc(-c3cccc4ccccc34)nc(-c3cccc4ccccc34)n2)c(O)c1.Oc1ccc(-c2nc(-c3cccc4ccccc34)nc(-c3cccc4ccccc34)n2)c(O)c1. The molecule has 1 saturated heterocycles. The Hall–Kier alpha value is -10.3. The summed E-state index contributed by atoms with van der Waals surface area (Å²) in [6.45, 7) is 0.859. The van der Waals surface area contributed by atoms with Crippen molar-refractivity contribution < 1.29 is 39.4 Å². The van der Waals surface area contributed by atoms with Gasteiger partial charge in [0.15, 0.2) is 34.9 Å². The second-order valence-electron chi connectivity index (χ2n) is 17.6. The molecule has 2 aromatic heterocycles. The molecule has 1 aliphatic rings. The van der Waals surface area contributed by atoms with Gasteiger partial charge in [-0.1, -0.05) is 170 Å². The van der Waals surface area contributed by atoms with Gasteiger partial charge in [0.1, 0.15) is 42.8 Å². The lowest BCUT2D eigenvalue weighted by molar-refractivity contribution is 0.131. The quantitative estimate of drug-likeness (QED) is 0.0994. The van der Waals surface area contributed by atoms with E-state index in [1.807, 2.05) is 109 Å². The molecule has 14 nitrogen and oxygen atoms in total. The average Bonchev–Trinajstić information content (AvgIpc) is 3.96. The molecule has 0 unspecified atom stereocenters. The van der Waals surface area contributed by atoms with Crippen LogP contribution in [0.25, 0.3) is 111 Å². The van der Waals surface area contributed by atoms with E-state index in [4.69, 9.17) is 39.7 Å². The number of aromatic nitrogens is 6. The molecule has 1 fully saturated rings. The topological polar surface area (TPSA) is 203 Å². The number of ether oxygens (including phenoxy) is 3. The van der Waals surface area contributed by atoms with Gasteiger partial charge in [0.25, 0.3) is 0 Å². The van der Waals surface area contributed by atoms with Crippen LogP contribution in [0.5, 0.6) is 23.0 Å². The fourth-order valence-corrected chi connectivity index (χ4v) is 9.11. The minimum Gasteiger partial charge on any atom is -0.508 e. The normalized spacial score (nSPS) is 11.8. The maximum Gasteiger partial charge on any atom is 0.508 e. The van der Waals surface area contributed by atoms with Gasteiger partial charge in [-0.3, -0.25) is 0 Å². The summed E-state index contributed by atoms with van der Waals surface area (Å²) in [5.74, 6) is 3.05. The van der Waals surface area contributed by atoms with Crippen LogP contribution in [0.4, 0.5) is 4.79 Å². The first-order valence-corrected chi connectivity index (χ1v) is 24.6. The number of aliphatic hydroxyl groups is 1. The zero-order valence-electron chi connectivity index (χ0n) is 41.1. The van der Waals surface area contributed by atoms with Crippen molar-refractivity contribution in [1.29, 1.82) is 0 Å². The molecule has 4 N–H and O–H groups in total. The number of nitrogens with zero attached hydrogens (tertiary/aromatic N) is 6. The minimum atomic E-state index is -0.546. The van der Waals surface area contributed by atoms with Gasteiger partial charge in [-0.05, 0) is 67.4 Å². The van der Waals surface area contributed by atoms with Crippen LogP contribution in [0.3, 0.4) is 0 Å². The van der Waals surface area contributed by atoms with Gasteiger partial charge in [0.05, 0.1) is 17.7 Å². The van der Waals surface area contributed by atoms with Crippen molar-refractivity contribution in [3.63, 3.8) is 0 Å². The Morgan fingerprint density at radius 3 is 1.03 bits per heavy atom. The maximum atomic E-state index is 10.9. The van der Waals surface area contributed by atoms with Crippen LogP contribution in [0.1, 0.15) is 0 Å². The lowest BCUT2D eigenvalue weighted by atomic mass is 10.0. The second-order valence-corrected chi connectivity index (χ2v) is 17.6. The van der Waals surface area contributed by atoms with E-state index in [9.17, 15) is 20.1 Å². The highest BCUT2D eigenvalue weighted by atomic mass is 16.8. The summed E-state index contributed by atoms with van der Waals surface area (Å²) in [7, 11) is 0. The van der Waals surface area contributed by atoms with E-state index >= 15 is 0 Å². The summed E-state index contributed by atoms with van der Waals surface area (Å²) in [6.07, 6.45) is -0.546. The highest BCUT2D eigenvalue weighted by Crippen LogP contribution is 2.38. The van der Waals surface area contributed by atoms with Gasteiger partial charge in [-0.25, -0.2) is 34.7 Å². The lowest BCUT2D eigenvalue weighted by Crippen LogP contribution is -2.02. The van der Waals surface area contributed by atoms with Gasteiger partial charge >= 0.3 is 6.16 Å². The number of phenolic OH excluding ortho intramolecular Hbond substituents is 3. The van der Waals surface area contributed by atoms with Crippen LogP contribution in [-0.4, -0.2) is 82.9 Å². The van der Waals surface area contributed by atoms with E-state index < -0.39 is 6.16 Å². The highest BCUT2D eigenvalue weighted by Gasteiger charge is 2.20. The predicted molar refractivity (Wildman–Crippen MR) is 297 cm³/mol. The van der Waals surface area contributed by atoms with Crippen LogP contribution < -0.4 is 4.74 Å². The molecule has 0 bridgehead atoms. The number of carbonyl (C=O) groups is 1. The van der Waals surface area contributed by atoms with E-state index in [0.717, 1.165) is 65.3 Å². The Balaban J connectivity index is 0.000000148. The number of carbonyl (C=O) groups excluding carboxylic acids is 1. The standard InChI is InChI=1S/C31H23N3O3.C29H19N3O2.C3H4O3/c35-17-18-37-22-15-16-27(28(36)19-22)31-33-29(25-13-5-9-20-7-1-3-11-23(20)25)32-30(34-31)26-14-6-10-21-8-2-4-12-24(21)26;33-20-15-16-25(26(34)17-20)29-31-27(23-13-5-9-18-7-1-3-11-21(18)23)30-28(32-29)24-14-6-10-19-8-2-4-12-22(19)24;4-3-5-1-2-6-3/h1-16,19,35-36H,17-18H2;1-17,33-34H;1-2H2. The zero-order valence-corrected chi connectivity index (χ0v) is 41.1.